The van der Waals surface area contributed by atoms with Gasteiger partial charge in [0.2, 0.25) is 0 Å². The summed E-state index contributed by atoms with van der Waals surface area (Å²) in [6, 6.07) is 16.1. The second-order valence-corrected chi connectivity index (χ2v) is 8.26. The van der Waals surface area contributed by atoms with E-state index in [0.29, 0.717) is 18.8 Å². The van der Waals surface area contributed by atoms with Crippen LogP contribution in [0.5, 0.6) is 5.75 Å². The fourth-order valence-electron chi connectivity index (χ4n) is 3.74. The Kier molecular flexibility index (Phi) is 7.55. The van der Waals surface area contributed by atoms with Crippen LogP contribution < -0.4 is 9.64 Å². The van der Waals surface area contributed by atoms with E-state index in [0.717, 1.165) is 29.9 Å². The summed E-state index contributed by atoms with van der Waals surface area (Å²) in [6.45, 7) is 10.3. The molecule has 0 aliphatic carbocycles. The van der Waals surface area contributed by atoms with Crippen molar-refractivity contribution in [2.24, 2.45) is 0 Å². The number of benzene rings is 2. The number of amides is 1. The van der Waals surface area contributed by atoms with Gasteiger partial charge >= 0.3 is 5.97 Å². The molecular formula is C25H32N2O4. The van der Waals surface area contributed by atoms with Crippen LogP contribution in [-0.2, 0) is 14.3 Å². The van der Waals surface area contributed by atoms with E-state index < -0.39 is 12.1 Å². The third-order valence-corrected chi connectivity index (χ3v) is 5.51. The zero-order valence-corrected chi connectivity index (χ0v) is 18.8. The molecule has 1 heterocycles. The van der Waals surface area contributed by atoms with Gasteiger partial charge in [-0.3, -0.25) is 4.79 Å². The lowest BCUT2D eigenvalue weighted by Gasteiger charge is -2.37. The molecule has 1 amide bonds. The van der Waals surface area contributed by atoms with E-state index in [4.69, 9.17) is 9.47 Å². The maximum atomic E-state index is 12.7. The van der Waals surface area contributed by atoms with Gasteiger partial charge < -0.3 is 19.3 Å². The molecule has 2 aromatic rings. The molecule has 2 aromatic carbocycles. The van der Waals surface area contributed by atoms with Gasteiger partial charge in [0, 0.05) is 31.9 Å². The van der Waals surface area contributed by atoms with E-state index in [1.807, 2.05) is 43.3 Å². The van der Waals surface area contributed by atoms with Gasteiger partial charge in [-0.15, -0.1) is 0 Å². The Hall–Kier alpha value is -3.02. The average molecular weight is 425 g/mol. The number of nitrogens with zero attached hydrogens (tertiary/aromatic N) is 2. The van der Waals surface area contributed by atoms with Crippen LogP contribution in [0, 0.1) is 6.92 Å². The average Bonchev–Trinajstić information content (AvgIpc) is 2.77. The number of aryl methyl sites for hydroxylation is 1. The molecule has 6 nitrogen and oxygen atoms in total. The van der Waals surface area contributed by atoms with Gasteiger partial charge in [0.25, 0.3) is 5.91 Å². The smallest absolute Gasteiger partial charge is 0.344 e. The summed E-state index contributed by atoms with van der Waals surface area (Å²) in [6.07, 6.45) is -0.832. The first-order valence-electron chi connectivity index (χ1n) is 10.9. The molecule has 1 aliphatic heterocycles. The summed E-state index contributed by atoms with van der Waals surface area (Å²) in [4.78, 5) is 29.0. The van der Waals surface area contributed by atoms with E-state index in [1.54, 1.807) is 11.8 Å². The Morgan fingerprint density at radius 2 is 1.65 bits per heavy atom. The third-order valence-electron chi connectivity index (χ3n) is 5.51. The lowest BCUT2D eigenvalue weighted by atomic mass is 10.0. The summed E-state index contributed by atoms with van der Waals surface area (Å²) < 4.78 is 11.1. The van der Waals surface area contributed by atoms with Gasteiger partial charge in [0.1, 0.15) is 5.75 Å². The highest BCUT2D eigenvalue weighted by Gasteiger charge is 2.27. The topological polar surface area (TPSA) is 59.1 Å². The second kappa shape index (κ2) is 10.3. The van der Waals surface area contributed by atoms with Crippen molar-refractivity contribution < 1.29 is 19.1 Å². The molecule has 1 aliphatic rings. The van der Waals surface area contributed by atoms with Gasteiger partial charge in [-0.2, -0.15) is 0 Å². The fourth-order valence-corrected chi connectivity index (χ4v) is 3.74. The molecule has 166 valence electrons. The zero-order chi connectivity index (χ0) is 22.4. The van der Waals surface area contributed by atoms with Crippen LogP contribution in [-0.4, -0.2) is 55.7 Å². The summed E-state index contributed by atoms with van der Waals surface area (Å²) in [5, 5.41) is 0. The van der Waals surface area contributed by atoms with Crippen LogP contribution in [0.3, 0.4) is 0 Å². The summed E-state index contributed by atoms with van der Waals surface area (Å²) >= 11 is 0. The summed E-state index contributed by atoms with van der Waals surface area (Å²) in [5.74, 6) is 0.254. The molecule has 0 radical (unpaired) electrons. The second-order valence-electron chi connectivity index (χ2n) is 8.26. The number of rotatable bonds is 7. The normalized spacial score (nSPS) is 15.0. The van der Waals surface area contributed by atoms with Crippen molar-refractivity contribution in [3.8, 4) is 5.75 Å². The first-order valence-corrected chi connectivity index (χ1v) is 10.9. The van der Waals surface area contributed by atoms with Crippen LogP contribution in [0.2, 0.25) is 0 Å². The number of ether oxygens (including phenoxy) is 2. The molecule has 0 saturated carbocycles. The number of piperazine rings is 1. The molecular weight excluding hydrogens is 392 g/mol. The minimum absolute atomic E-state index is 0.167. The molecule has 6 heteroatoms. The molecule has 0 spiro atoms. The van der Waals surface area contributed by atoms with E-state index in [1.165, 1.54) is 0 Å². The predicted molar refractivity (Wildman–Crippen MR) is 122 cm³/mol. The highest BCUT2D eigenvalue weighted by Crippen LogP contribution is 2.27. The number of para-hydroxylation sites is 1. The van der Waals surface area contributed by atoms with Crippen LogP contribution in [0.25, 0.3) is 0 Å². The molecule has 3 rings (SSSR count). The van der Waals surface area contributed by atoms with Crippen molar-refractivity contribution in [2.45, 2.75) is 39.7 Å². The van der Waals surface area contributed by atoms with Crippen LogP contribution >= 0.6 is 0 Å². The largest absolute Gasteiger partial charge is 0.482 e. The summed E-state index contributed by atoms with van der Waals surface area (Å²) in [7, 11) is 0. The van der Waals surface area contributed by atoms with Gasteiger partial charge in [0.15, 0.2) is 12.7 Å². The summed E-state index contributed by atoms with van der Waals surface area (Å²) in [5.41, 5.74) is 3.26. The van der Waals surface area contributed by atoms with Crippen molar-refractivity contribution in [1.82, 2.24) is 4.90 Å². The minimum atomic E-state index is -0.832. The van der Waals surface area contributed by atoms with Gasteiger partial charge in [-0.1, -0.05) is 44.2 Å². The Labute approximate surface area is 184 Å². The first-order chi connectivity index (χ1) is 14.8. The molecule has 0 N–H and O–H groups in total. The van der Waals surface area contributed by atoms with Gasteiger partial charge in [0.05, 0.1) is 0 Å². The quantitative estimate of drug-likeness (QED) is 0.633. The number of carbonyl (C=O) groups excluding carboxylic acids is 2. The van der Waals surface area contributed by atoms with Crippen LogP contribution in [0.1, 0.15) is 37.8 Å². The van der Waals surface area contributed by atoms with E-state index in [9.17, 15) is 9.59 Å². The van der Waals surface area contributed by atoms with Crippen molar-refractivity contribution in [3.05, 3.63) is 59.7 Å². The van der Waals surface area contributed by atoms with Gasteiger partial charge in [-0.05, 0) is 49.1 Å². The molecule has 0 bridgehead atoms. The van der Waals surface area contributed by atoms with Crippen LogP contribution in [0.4, 0.5) is 5.69 Å². The molecule has 1 fully saturated rings. The predicted octanol–water partition coefficient (Wildman–Crippen LogP) is 3.78. The Balaban J connectivity index is 1.48. The van der Waals surface area contributed by atoms with Crippen molar-refractivity contribution in [3.63, 3.8) is 0 Å². The highest BCUT2D eigenvalue weighted by molar-refractivity contribution is 5.84. The molecule has 31 heavy (non-hydrogen) atoms. The zero-order valence-electron chi connectivity index (χ0n) is 18.8. The van der Waals surface area contributed by atoms with Crippen LogP contribution in [0.15, 0.2) is 48.5 Å². The van der Waals surface area contributed by atoms with Crippen molar-refractivity contribution >= 4 is 17.6 Å². The molecule has 1 atom stereocenters. The van der Waals surface area contributed by atoms with E-state index in [2.05, 4.69) is 30.9 Å². The van der Waals surface area contributed by atoms with E-state index >= 15 is 0 Å². The first kappa shape index (κ1) is 22.7. The highest BCUT2D eigenvalue weighted by atomic mass is 16.6. The Morgan fingerprint density at radius 1 is 0.968 bits per heavy atom. The van der Waals surface area contributed by atoms with E-state index in [-0.39, 0.29) is 18.4 Å². The number of hydrogen-bond acceptors (Lipinski definition) is 5. The number of hydrogen-bond donors (Lipinski definition) is 0. The SMILES string of the molecule is Cc1ccc(C(C)C)c(OCC(=O)OC(C)C(=O)N2CCN(c3ccccc3)CC2)c1. The Bertz CT molecular complexity index is 890. The number of anilines is 1. The lowest BCUT2D eigenvalue weighted by Crippen LogP contribution is -2.51. The lowest BCUT2D eigenvalue weighted by molar-refractivity contribution is -0.160. The number of carbonyl (C=O) groups is 2. The standard InChI is InChI=1S/C25H32N2O4/c1-18(2)22-11-10-19(3)16-23(22)30-17-24(28)31-20(4)25(29)27-14-12-26(13-15-27)21-8-6-5-7-9-21/h5-11,16,18,20H,12-15,17H2,1-4H3. The van der Waals surface area contributed by atoms with Crippen molar-refractivity contribution in [1.29, 1.82) is 0 Å². The number of esters is 1. The minimum Gasteiger partial charge on any atom is -0.482 e. The monoisotopic (exact) mass is 424 g/mol. The molecule has 1 unspecified atom stereocenters. The maximum Gasteiger partial charge on any atom is 0.344 e. The third kappa shape index (κ3) is 6.00. The van der Waals surface area contributed by atoms with Crippen molar-refractivity contribution in [2.75, 3.05) is 37.7 Å². The molecule has 1 saturated heterocycles. The Morgan fingerprint density at radius 3 is 2.29 bits per heavy atom. The van der Waals surface area contributed by atoms with Gasteiger partial charge in [-0.25, -0.2) is 4.79 Å². The fraction of sp³-hybridized carbons (Fsp3) is 0.440. The molecule has 0 aromatic heterocycles. The maximum absolute atomic E-state index is 12.7.